The van der Waals surface area contributed by atoms with Crippen LogP contribution in [0.1, 0.15) is 44.7 Å². The normalized spacial score (nSPS) is 11.5. The molecule has 0 radical (unpaired) electrons. The SMILES string of the molecule is CCCCc1c(O)n(Cc2ccc(OC)cc2)c2nc3c(c(=O)n(CC)c(=O)n3CC)n2c1=O. The summed E-state index contributed by atoms with van der Waals surface area (Å²) in [6, 6.07) is 7.32. The topological polar surface area (TPSA) is 113 Å². The predicted molar refractivity (Wildman–Crippen MR) is 129 cm³/mol. The monoisotopic (exact) mass is 467 g/mol. The molecule has 0 aliphatic heterocycles. The summed E-state index contributed by atoms with van der Waals surface area (Å²) >= 11 is 0. The van der Waals surface area contributed by atoms with E-state index in [1.807, 2.05) is 19.1 Å². The van der Waals surface area contributed by atoms with Crippen LogP contribution in [-0.4, -0.2) is 35.3 Å². The molecule has 180 valence electrons. The maximum atomic E-state index is 13.6. The third-order valence-corrected chi connectivity index (χ3v) is 6.15. The summed E-state index contributed by atoms with van der Waals surface area (Å²) in [6.45, 7) is 6.14. The van der Waals surface area contributed by atoms with Crippen LogP contribution in [0, 0.1) is 0 Å². The van der Waals surface area contributed by atoms with E-state index in [-0.39, 0.29) is 48.0 Å². The largest absolute Gasteiger partial charge is 0.497 e. The number of aryl methyl sites for hydroxylation is 1. The second-order valence-electron chi connectivity index (χ2n) is 8.14. The third kappa shape index (κ3) is 3.59. The summed E-state index contributed by atoms with van der Waals surface area (Å²) in [4.78, 5) is 44.3. The number of imidazole rings is 1. The second kappa shape index (κ2) is 9.20. The average Bonchev–Trinajstić information content (AvgIpc) is 3.23. The van der Waals surface area contributed by atoms with Gasteiger partial charge in [-0.15, -0.1) is 0 Å². The van der Waals surface area contributed by atoms with Crippen molar-refractivity contribution in [2.24, 2.45) is 0 Å². The van der Waals surface area contributed by atoms with Crippen molar-refractivity contribution in [3.8, 4) is 11.6 Å². The number of methoxy groups -OCH3 is 1. The molecule has 0 fully saturated rings. The second-order valence-corrected chi connectivity index (χ2v) is 8.14. The molecule has 0 saturated carbocycles. The lowest BCUT2D eigenvalue weighted by atomic mass is 10.1. The van der Waals surface area contributed by atoms with E-state index in [0.717, 1.165) is 16.6 Å². The minimum atomic E-state index is -0.570. The Kier molecular flexibility index (Phi) is 6.32. The van der Waals surface area contributed by atoms with Crippen LogP contribution < -0.4 is 21.5 Å². The maximum absolute atomic E-state index is 13.6. The van der Waals surface area contributed by atoms with Crippen molar-refractivity contribution in [1.82, 2.24) is 23.1 Å². The Balaban J connectivity index is 2.13. The summed E-state index contributed by atoms with van der Waals surface area (Å²) in [7, 11) is 1.58. The van der Waals surface area contributed by atoms with E-state index in [2.05, 4.69) is 4.98 Å². The zero-order valence-electron chi connectivity index (χ0n) is 19.9. The lowest BCUT2D eigenvalue weighted by Crippen LogP contribution is -2.40. The molecule has 0 aliphatic carbocycles. The summed E-state index contributed by atoms with van der Waals surface area (Å²) in [5.41, 5.74) is -0.293. The first-order valence-electron chi connectivity index (χ1n) is 11.5. The molecule has 1 aromatic carbocycles. The smallest absolute Gasteiger partial charge is 0.332 e. The average molecular weight is 468 g/mol. The highest BCUT2D eigenvalue weighted by Gasteiger charge is 2.24. The van der Waals surface area contributed by atoms with Gasteiger partial charge in [0.1, 0.15) is 5.75 Å². The van der Waals surface area contributed by atoms with Crippen LogP contribution in [0.4, 0.5) is 0 Å². The van der Waals surface area contributed by atoms with E-state index in [1.54, 1.807) is 33.1 Å². The van der Waals surface area contributed by atoms with Gasteiger partial charge in [-0.3, -0.25) is 23.3 Å². The molecule has 3 heterocycles. The van der Waals surface area contributed by atoms with E-state index in [1.165, 1.54) is 13.5 Å². The predicted octanol–water partition coefficient (Wildman–Crippen LogP) is 2.12. The van der Waals surface area contributed by atoms with Gasteiger partial charge in [0, 0.05) is 13.1 Å². The van der Waals surface area contributed by atoms with Crippen LogP contribution in [-0.2, 0) is 26.1 Å². The number of aromatic hydroxyl groups is 1. The minimum Gasteiger partial charge on any atom is -0.497 e. The fourth-order valence-corrected chi connectivity index (χ4v) is 4.29. The Hall–Kier alpha value is -3.82. The van der Waals surface area contributed by atoms with Gasteiger partial charge < -0.3 is 9.84 Å². The molecular formula is C24H29N5O5. The van der Waals surface area contributed by atoms with Crippen molar-refractivity contribution in [1.29, 1.82) is 0 Å². The van der Waals surface area contributed by atoms with Crippen LogP contribution in [0.15, 0.2) is 38.6 Å². The third-order valence-electron chi connectivity index (χ3n) is 6.15. The molecule has 0 unspecified atom stereocenters. The molecule has 0 amide bonds. The van der Waals surface area contributed by atoms with Crippen LogP contribution in [0.25, 0.3) is 16.9 Å². The highest BCUT2D eigenvalue weighted by molar-refractivity contribution is 5.75. The fourth-order valence-electron chi connectivity index (χ4n) is 4.29. The zero-order chi connectivity index (χ0) is 24.6. The van der Waals surface area contributed by atoms with E-state index in [4.69, 9.17) is 4.74 Å². The first kappa shape index (κ1) is 23.3. The lowest BCUT2D eigenvalue weighted by molar-refractivity contribution is 0.409. The van der Waals surface area contributed by atoms with Gasteiger partial charge in [-0.25, -0.2) is 9.20 Å². The molecule has 0 bridgehead atoms. The molecule has 0 aliphatic rings. The molecular weight excluding hydrogens is 438 g/mol. The van der Waals surface area contributed by atoms with Crippen molar-refractivity contribution < 1.29 is 9.84 Å². The maximum Gasteiger partial charge on any atom is 0.332 e. The van der Waals surface area contributed by atoms with Gasteiger partial charge in [-0.2, -0.15) is 4.98 Å². The molecule has 0 spiro atoms. The highest BCUT2D eigenvalue weighted by atomic mass is 16.5. The van der Waals surface area contributed by atoms with E-state index in [0.29, 0.717) is 18.6 Å². The van der Waals surface area contributed by atoms with Crippen LogP contribution in [0.5, 0.6) is 11.6 Å². The number of fused-ring (bicyclic) bond motifs is 3. The summed E-state index contributed by atoms with van der Waals surface area (Å²) < 4.78 is 10.5. The standard InChI is InChI=1S/C24H29N5O5/c1-5-8-9-17-20(30)28(14-15-10-12-16(34-4)13-11-15)23-25-19-18(29(23)21(17)31)22(32)27(7-3)24(33)26(19)6-2/h10-13,30H,5-9,14H2,1-4H3. The van der Waals surface area contributed by atoms with Crippen molar-refractivity contribution in [2.75, 3.05) is 7.11 Å². The first-order chi connectivity index (χ1) is 16.4. The van der Waals surface area contributed by atoms with Crippen LogP contribution >= 0.6 is 0 Å². The van der Waals surface area contributed by atoms with Gasteiger partial charge in [0.05, 0.1) is 19.2 Å². The zero-order valence-corrected chi connectivity index (χ0v) is 19.9. The van der Waals surface area contributed by atoms with Gasteiger partial charge in [0.15, 0.2) is 11.2 Å². The Morgan fingerprint density at radius 1 is 0.941 bits per heavy atom. The van der Waals surface area contributed by atoms with Gasteiger partial charge in [-0.1, -0.05) is 25.5 Å². The molecule has 4 rings (SSSR count). The minimum absolute atomic E-state index is 0.0459. The number of ether oxygens (including phenoxy) is 1. The number of rotatable bonds is 8. The Bertz CT molecular complexity index is 1540. The van der Waals surface area contributed by atoms with Gasteiger partial charge in [0.25, 0.3) is 11.1 Å². The van der Waals surface area contributed by atoms with E-state index < -0.39 is 16.8 Å². The molecule has 10 heteroatoms. The molecule has 34 heavy (non-hydrogen) atoms. The van der Waals surface area contributed by atoms with E-state index in [9.17, 15) is 19.5 Å². The summed E-state index contributed by atoms with van der Waals surface area (Å²) in [5, 5.41) is 11.2. The van der Waals surface area contributed by atoms with Crippen molar-refractivity contribution >= 4 is 16.9 Å². The first-order valence-corrected chi connectivity index (χ1v) is 11.5. The van der Waals surface area contributed by atoms with E-state index >= 15 is 0 Å². The summed E-state index contributed by atoms with van der Waals surface area (Å²) in [6.07, 6.45) is 1.88. The van der Waals surface area contributed by atoms with Gasteiger partial charge >= 0.3 is 5.69 Å². The number of benzene rings is 1. The van der Waals surface area contributed by atoms with Crippen molar-refractivity contribution in [2.45, 2.75) is 59.7 Å². The Labute approximate surface area is 195 Å². The number of hydrogen-bond acceptors (Lipinski definition) is 6. The molecule has 10 nitrogen and oxygen atoms in total. The highest BCUT2D eigenvalue weighted by Crippen LogP contribution is 2.23. The van der Waals surface area contributed by atoms with Gasteiger partial charge in [0.2, 0.25) is 11.7 Å². The Morgan fingerprint density at radius 2 is 1.62 bits per heavy atom. The quantitative estimate of drug-likeness (QED) is 0.425. The summed E-state index contributed by atoms with van der Waals surface area (Å²) in [5.74, 6) is 0.625. The van der Waals surface area contributed by atoms with Crippen LogP contribution in [0.2, 0.25) is 0 Å². The fraction of sp³-hybridized carbons (Fsp3) is 0.417. The van der Waals surface area contributed by atoms with Crippen molar-refractivity contribution in [3.05, 3.63) is 66.6 Å². The number of unbranched alkanes of at least 4 members (excludes halogenated alkanes) is 1. The number of nitrogens with zero attached hydrogens (tertiary/aromatic N) is 5. The molecule has 0 atom stereocenters. The molecule has 1 N–H and O–H groups in total. The van der Waals surface area contributed by atoms with Crippen LogP contribution in [0.3, 0.4) is 0 Å². The molecule has 3 aromatic heterocycles. The lowest BCUT2D eigenvalue weighted by Gasteiger charge is -2.15. The van der Waals surface area contributed by atoms with Crippen molar-refractivity contribution in [3.63, 3.8) is 0 Å². The molecule has 4 aromatic rings. The number of hydrogen-bond donors (Lipinski definition) is 1. The van der Waals surface area contributed by atoms with Gasteiger partial charge in [-0.05, 0) is 44.4 Å². The number of aromatic nitrogens is 5. The molecule has 0 saturated heterocycles. The Morgan fingerprint density at radius 3 is 2.21 bits per heavy atom.